The van der Waals surface area contributed by atoms with Crippen LogP contribution in [0.3, 0.4) is 0 Å². The van der Waals surface area contributed by atoms with Crippen LogP contribution >= 0.6 is 15.9 Å². The highest BCUT2D eigenvalue weighted by Gasteiger charge is 2.20. The molecule has 3 aromatic heterocycles. The number of pyridine rings is 1. The number of aromatic nitrogens is 5. The molecule has 0 saturated carbocycles. The van der Waals surface area contributed by atoms with Gasteiger partial charge in [-0.2, -0.15) is 0 Å². The van der Waals surface area contributed by atoms with E-state index in [4.69, 9.17) is 10.4 Å². The maximum atomic E-state index is 5.83. The Labute approximate surface area is 132 Å². The van der Waals surface area contributed by atoms with E-state index in [2.05, 4.69) is 36.2 Å². The Morgan fingerprint density at radius 2 is 1.95 bits per heavy atom. The Bertz CT molecular complexity index is 962. The van der Waals surface area contributed by atoms with Gasteiger partial charge in [0.05, 0.1) is 11.7 Å². The lowest BCUT2D eigenvalue weighted by molar-refractivity contribution is 0.310. The zero-order valence-corrected chi connectivity index (χ0v) is 12.7. The third-order valence-electron chi connectivity index (χ3n) is 3.25. The number of nitrogen functional groups attached to an aromatic ring is 1. The van der Waals surface area contributed by atoms with Gasteiger partial charge >= 0.3 is 0 Å². The van der Waals surface area contributed by atoms with Crippen LogP contribution in [-0.2, 0) is 0 Å². The van der Waals surface area contributed by atoms with Crippen molar-refractivity contribution >= 4 is 32.8 Å². The molecule has 4 aromatic rings. The molecule has 0 atom stereocenters. The van der Waals surface area contributed by atoms with Crippen LogP contribution < -0.4 is 5.73 Å². The van der Waals surface area contributed by atoms with Crippen molar-refractivity contribution in [1.82, 2.24) is 24.8 Å². The fraction of sp³-hybridized carbons (Fsp3) is 0. The molecule has 2 N–H and O–H groups in total. The second-order valence-electron chi connectivity index (χ2n) is 4.60. The lowest BCUT2D eigenvalue weighted by atomic mass is 10.3. The summed E-state index contributed by atoms with van der Waals surface area (Å²) < 4.78 is 7.37. The molecule has 0 spiro atoms. The summed E-state index contributed by atoms with van der Waals surface area (Å²) in [7, 11) is 0. The average Bonchev–Trinajstić information content (AvgIpc) is 3.11. The van der Waals surface area contributed by atoms with E-state index in [1.54, 1.807) is 6.20 Å². The summed E-state index contributed by atoms with van der Waals surface area (Å²) in [4.78, 5) is 8.78. The summed E-state index contributed by atoms with van der Waals surface area (Å²) in [6.45, 7) is 0. The van der Waals surface area contributed by atoms with E-state index in [0.717, 1.165) is 21.3 Å². The predicted octanol–water partition coefficient (Wildman–Crippen LogP) is 2.82. The number of fused-ring (bicyclic) bond motifs is 1. The fourth-order valence-corrected chi connectivity index (χ4v) is 2.62. The van der Waals surface area contributed by atoms with Crippen LogP contribution in [0, 0.1) is 0 Å². The van der Waals surface area contributed by atoms with E-state index in [9.17, 15) is 0 Å². The fourth-order valence-electron chi connectivity index (χ4n) is 2.30. The Kier molecular flexibility index (Phi) is 2.90. The minimum Gasteiger partial charge on any atom is -0.379 e. The van der Waals surface area contributed by atoms with Gasteiger partial charge in [-0.15, -0.1) is 0 Å². The van der Waals surface area contributed by atoms with Crippen LogP contribution in [0.15, 0.2) is 51.8 Å². The zero-order chi connectivity index (χ0) is 15.1. The molecule has 8 heteroatoms. The summed E-state index contributed by atoms with van der Waals surface area (Å²) in [5.41, 5.74) is 8.76. The second-order valence-corrected chi connectivity index (χ2v) is 5.41. The van der Waals surface area contributed by atoms with Gasteiger partial charge in [0.1, 0.15) is 10.1 Å². The molecule has 0 aliphatic carbocycles. The first-order chi connectivity index (χ1) is 10.7. The minimum absolute atomic E-state index is 0.194. The molecule has 0 bridgehead atoms. The van der Waals surface area contributed by atoms with E-state index < -0.39 is 0 Å². The number of rotatable bonds is 2. The first-order valence-electron chi connectivity index (χ1n) is 6.42. The smallest absolute Gasteiger partial charge is 0.199 e. The van der Waals surface area contributed by atoms with Gasteiger partial charge in [0.25, 0.3) is 0 Å². The molecule has 4 rings (SSSR count). The maximum absolute atomic E-state index is 5.83. The van der Waals surface area contributed by atoms with Gasteiger partial charge < -0.3 is 5.73 Å². The maximum Gasteiger partial charge on any atom is 0.199 e. The average molecular weight is 357 g/mol. The third-order valence-corrected chi connectivity index (χ3v) is 3.68. The second kappa shape index (κ2) is 4.92. The predicted molar refractivity (Wildman–Crippen MR) is 84.3 cm³/mol. The number of imidazole rings is 1. The topological polar surface area (TPSA) is 95.7 Å². The molecule has 7 nitrogen and oxygen atoms in total. The van der Waals surface area contributed by atoms with Crippen molar-refractivity contribution in [3.05, 3.63) is 47.2 Å². The summed E-state index contributed by atoms with van der Waals surface area (Å²) in [6.07, 6.45) is 1.69. The van der Waals surface area contributed by atoms with Gasteiger partial charge in [-0.1, -0.05) is 18.2 Å². The highest BCUT2D eigenvalue weighted by atomic mass is 79.9. The molecule has 0 fully saturated rings. The number of nitrogens with zero attached hydrogens (tertiary/aromatic N) is 5. The van der Waals surface area contributed by atoms with E-state index in [0.29, 0.717) is 11.5 Å². The first kappa shape index (κ1) is 13.0. The van der Waals surface area contributed by atoms with E-state index >= 15 is 0 Å². The van der Waals surface area contributed by atoms with Crippen molar-refractivity contribution in [1.29, 1.82) is 0 Å². The van der Waals surface area contributed by atoms with Gasteiger partial charge in [-0.05, 0) is 44.4 Å². The number of anilines is 1. The van der Waals surface area contributed by atoms with Crippen molar-refractivity contribution in [3.8, 4) is 17.2 Å². The number of halogens is 1. The lowest BCUT2D eigenvalue weighted by Gasteiger charge is -2.07. The monoisotopic (exact) mass is 356 g/mol. The van der Waals surface area contributed by atoms with Crippen LogP contribution in [0.5, 0.6) is 0 Å². The molecule has 1 aromatic carbocycles. The van der Waals surface area contributed by atoms with Crippen LogP contribution in [0.2, 0.25) is 0 Å². The van der Waals surface area contributed by atoms with Crippen molar-refractivity contribution in [2.75, 3.05) is 5.73 Å². The number of nitrogens with two attached hydrogens (primary N) is 1. The highest BCUT2D eigenvalue weighted by Crippen LogP contribution is 2.30. The molecule has 0 aliphatic rings. The van der Waals surface area contributed by atoms with Crippen LogP contribution in [0.4, 0.5) is 5.82 Å². The van der Waals surface area contributed by atoms with Crippen LogP contribution in [0.1, 0.15) is 0 Å². The quantitative estimate of drug-likeness (QED) is 0.554. The third kappa shape index (κ3) is 1.96. The number of hydrogen-bond acceptors (Lipinski definition) is 6. The summed E-state index contributed by atoms with van der Waals surface area (Å²) >= 11 is 3.39. The van der Waals surface area contributed by atoms with Gasteiger partial charge in [0.2, 0.25) is 0 Å². The Hall–Kier alpha value is -2.74. The number of benzene rings is 1. The SMILES string of the molecule is Nc1nonc1-c1nc2cnc(Br)cc2n1-c1ccccc1. The Morgan fingerprint density at radius 3 is 2.68 bits per heavy atom. The largest absolute Gasteiger partial charge is 0.379 e. The van der Waals surface area contributed by atoms with Gasteiger partial charge in [-0.25, -0.2) is 14.6 Å². The van der Waals surface area contributed by atoms with Gasteiger partial charge in [0.15, 0.2) is 17.3 Å². The summed E-state index contributed by atoms with van der Waals surface area (Å²) in [6, 6.07) is 11.7. The van der Waals surface area contributed by atoms with Crippen LogP contribution in [-0.4, -0.2) is 24.8 Å². The Morgan fingerprint density at radius 1 is 1.14 bits per heavy atom. The number of hydrogen-bond donors (Lipinski definition) is 1. The Balaban J connectivity index is 2.10. The molecule has 108 valence electrons. The molecule has 0 unspecified atom stereocenters. The molecule has 0 aliphatic heterocycles. The minimum atomic E-state index is 0.194. The molecule has 0 radical (unpaired) electrons. The van der Waals surface area contributed by atoms with Gasteiger partial charge in [-0.3, -0.25) is 4.57 Å². The molecule has 0 saturated heterocycles. The molecule has 0 amide bonds. The van der Waals surface area contributed by atoms with Crippen molar-refractivity contribution < 1.29 is 4.63 Å². The number of para-hydroxylation sites is 1. The van der Waals surface area contributed by atoms with Crippen molar-refractivity contribution in [3.63, 3.8) is 0 Å². The highest BCUT2D eigenvalue weighted by molar-refractivity contribution is 9.10. The van der Waals surface area contributed by atoms with E-state index in [-0.39, 0.29) is 5.82 Å². The molecule has 22 heavy (non-hydrogen) atoms. The zero-order valence-electron chi connectivity index (χ0n) is 11.1. The van der Waals surface area contributed by atoms with Crippen LogP contribution in [0.25, 0.3) is 28.2 Å². The standard InChI is InChI=1S/C14H9BrN6O/c15-11-6-10-9(7-17-11)18-14(12-13(16)20-22-19-12)21(10)8-4-2-1-3-5-8/h1-7H,(H2,16,20). The normalized spacial score (nSPS) is 11.1. The summed E-state index contributed by atoms with van der Waals surface area (Å²) in [5, 5.41) is 7.49. The molecular weight excluding hydrogens is 348 g/mol. The molecular formula is C14H9BrN6O. The summed E-state index contributed by atoms with van der Waals surface area (Å²) in [5.74, 6) is 0.749. The van der Waals surface area contributed by atoms with Gasteiger partial charge in [0, 0.05) is 5.69 Å². The van der Waals surface area contributed by atoms with E-state index in [1.165, 1.54) is 0 Å². The molecule has 3 heterocycles. The lowest BCUT2D eigenvalue weighted by Crippen LogP contribution is -1.99. The van der Waals surface area contributed by atoms with Crippen molar-refractivity contribution in [2.45, 2.75) is 0 Å². The van der Waals surface area contributed by atoms with E-state index in [1.807, 2.05) is 41.0 Å². The first-order valence-corrected chi connectivity index (χ1v) is 7.21. The van der Waals surface area contributed by atoms with Crippen molar-refractivity contribution in [2.24, 2.45) is 0 Å².